The van der Waals surface area contributed by atoms with Gasteiger partial charge in [0.2, 0.25) is 0 Å². The van der Waals surface area contributed by atoms with Crippen molar-refractivity contribution < 1.29 is 0 Å². The highest BCUT2D eigenvalue weighted by atomic mass is 79.9. The topological polar surface area (TPSA) is 56.7 Å². The Hall–Kier alpha value is -1.88. The van der Waals surface area contributed by atoms with Gasteiger partial charge in [-0.05, 0) is 36.8 Å². The van der Waals surface area contributed by atoms with Crippen molar-refractivity contribution >= 4 is 32.8 Å². The number of pyridine rings is 1. The molecule has 0 radical (unpaired) electrons. The third-order valence-corrected chi connectivity index (χ3v) is 3.31. The van der Waals surface area contributed by atoms with E-state index in [9.17, 15) is 0 Å². The Balaban J connectivity index is 2.27. The second-order valence-electron chi connectivity index (χ2n) is 4.15. The number of benzene rings is 1. The fourth-order valence-electron chi connectivity index (χ4n) is 1.99. The number of nitrogens with two attached hydrogens (primary N) is 1. The van der Waals surface area contributed by atoms with E-state index in [1.165, 1.54) is 0 Å². The molecule has 90 valence electrons. The quantitative estimate of drug-likeness (QED) is 0.751. The molecule has 1 aromatic carbocycles. The van der Waals surface area contributed by atoms with Crippen LogP contribution >= 0.6 is 15.9 Å². The van der Waals surface area contributed by atoms with Crippen LogP contribution in [-0.4, -0.2) is 14.5 Å². The van der Waals surface area contributed by atoms with Crippen LogP contribution < -0.4 is 5.73 Å². The van der Waals surface area contributed by atoms with E-state index >= 15 is 0 Å². The number of hydrogen-bond donors (Lipinski definition) is 1. The molecule has 18 heavy (non-hydrogen) atoms. The van der Waals surface area contributed by atoms with E-state index in [2.05, 4.69) is 32.0 Å². The summed E-state index contributed by atoms with van der Waals surface area (Å²) in [6.07, 6.45) is 3.55. The Labute approximate surface area is 113 Å². The van der Waals surface area contributed by atoms with Gasteiger partial charge in [0.05, 0.1) is 22.9 Å². The van der Waals surface area contributed by atoms with E-state index in [4.69, 9.17) is 5.73 Å². The van der Waals surface area contributed by atoms with Gasteiger partial charge in [-0.3, -0.25) is 4.57 Å². The summed E-state index contributed by atoms with van der Waals surface area (Å²) in [4.78, 5) is 8.55. The number of rotatable bonds is 1. The highest BCUT2D eigenvalue weighted by Crippen LogP contribution is 2.25. The molecule has 0 atom stereocenters. The molecular weight excluding hydrogens is 292 g/mol. The highest BCUT2D eigenvalue weighted by molar-refractivity contribution is 9.10. The number of aryl methyl sites for hydroxylation is 1. The minimum atomic E-state index is 0.514. The second kappa shape index (κ2) is 4.10. The molecule has 2 N–H and O–H groups in total. The molecule has 0 amide bonds. The normalized spacial score (nSPS) is 11.0. The lowest BCUT2D eigenvalue weighted by Gasteiger charge is -2.05. The lowest BCUT2D eigenvalue weighted by atomic mass is 10.2. The van der Waals surface area contributed by atoms with E-state index in [1.807, 2.05) is 23.6 Å². The number of aromatic nitrogens is 3. The first kappa shape index (κ1) is 11.2. The summed E-state index contributed by atoms with van der Waals surface area (Å²) >= 11 is 3.51. The van der Waals surface area contributed by atoms with Crippen LogP contribution in [-0.2, 0) is 0 Å². The van der Waals surface area contributed by atoms with Crippen LogP contribution in [0, 0.1) is 6.92 Å². The minimum absolute atomic E-state index is 0.514. The van der Waals surface area contributed by atoms with Gasteiger partial charge < -0.3 is 5.73 Å². The van der Waals surface area contributed by atoms with Crippen molar-refractivity contribution in [2.75, 3.05) is 5.73 Å². The average Bonchev–Trinajstić information content (AvgIpc) is 2.74. The number of hydrogen-bond acceptors (Lipinski definition) is 3. The van der Waals surface area contributed by atoms with Crippen LogP contribution in [0.5, 0.6) is 0 Å². The first-order valence-corrected chi connectivity index (χ1v) is 6.29. The highest BCUT2D eigenvalue weighted by Gasteiger charge is 2.08. The zero-order chi connectivity index (χ0) is 12.7. The molecule has 3 rings (SSSR count). The van der Waals surface area contributed by atoms with Crippen LogP contribution in [0.1, 0.15) is 5.56 Å². The molecule has 4 nitrogen and oxygen atoms in total. The molecule has 0 fully saturated rings. The minimum Gasteiger partial charge on any atom is -0.384 e. The van der Waals surface area contributed by atoms with Crippen molar-refractivity contribution in [2.45, 2.75) is 6.92 Å². The molecule has 0 spiro atoms. The Kier molecular flexibility index (Phi) is 2.56. The van der Waals surface area contributed by atoms with Crippen molar-refractivity contribution in [3.8, 4) is 5.69 Å². The fourth-order valence-corrected chi connectivity index (χ4v) is 2.55. The van der Waals surface area contributed by atoms with Gasteiger partial charge in [-0.2, -0.15) is 0 Å². The average molecular weight is 303 g/mol. The van der Waals surface area contributed by atoms with Crippen LogP contribution in [0.4, 0.5) is 5.82 Å². The summed E-state index contributed by atoms with van der Waals surface area (Å²) in [7, 11) is 0. The maximum atomic E-state index is 5.60. The molecule has 0 aliphatic carbocycles. The Bertz CT molecular complexity index is 716. The van der Waals surface area contributed by atoms with Gasteiger partial charge in [-0.1, -0.05) is 15.9 Å². The van der Waals surface area contributed by atoms with Crippen molar-refractivity contribution in [2.24, 2.45) is 0 Å². The number of nitrogens with zero attached hydrogens (tertiary/aromatic N) is 3. The molecule has 0 unspecified atom stereocenters. The van der Waals surface area contributed by atoms with Crippen molar-refractivity contribution in [3.63, 3.8) is 0 Å². The molecule has 0 aliphatic heterocycles. The van der Waals surface area contributed by atoms with E-state index in [0.717, 1.165) is 26.8 Å². The van der Waals surface area contributed by atoms with Crippen LogP contribution in [0.15, 0.2) is 41.3 Å². The lowest BCUT2D eigenvalue weighted by molar-refractivity contribution is 1.07. The Morgan fingerprint density at radius 2 is 2.06 bits per heavy atom. The number of halogens is 1. The van der Waals surface area contributed by atoms with Gasteiger partial charge in [-0.25, -0.2) is 9.97 Å². The van der Waals surface area contributed by atoms with Crippen LogP contribution in [0.3, 0.4) is 0 Å². The maximum Gasteiger partial charge on any atom is 0.123 e. The molecule has 2 aromatic heterocycles. The van der Waals surface area contributed by atoms with Gasteiger partial charge in [0.1, 0.15) is 12.1 Å². The largest absolute Gasteiger partial charge is 0.384 e. The number of nitrogen functional groups attached to an aromatic ring is 1. The Morgan fingerprint density at radius 1 is 1.22 bits per heavy atom. The van der Waals surface area contributed by atoms with Gasteiger partial charge in [-0.15, -0.1) is 0 Å². The monoisotopic (exact) mass is 302 g/mol. The summed E-state index contributed by atoms with van der Waals surface area (Å²) < 4.78 is 3.04. The molecule has 3 aromatic rings. The maximum absolute atomic E-state index is 5.60. The molecule has 0 saturated carbocycles. The third-order valence-electron chi connectivity index (χ3n) is 2.86. The summed E-state index contributed by atoms with van der Waals surface area (Å²) in [6, 6.07) is 7.82. The summed E-state index contributed by atoms with van der Waals surface area (Å²) in [5.41, 5.74) is 9.73. The lowest BCUT2D eigenvalue weighted by Crippen LogP contribution is -1.95. The predicted molar refractivity (Wildman–Crippen MR) is 75.7 cm³/mol. The van der Waals surface area contributed by atoms with Gasteiger partial charge >= 0.3 is 0 Å². The van der Waals surface area contributed by atoms with E-state index in [1.54, 1.807) is 18.6 Å². The molecule has 0 aliphatic rings. The summed E-state index contributed by atoms with van der Waals surface area (Å²) in [6.45, 7) is 2.05. The number of anilines is 1. The smallest absolute Gasteiger partial charge is 0.123 e. The first-order valence-electron chi connectivity index (χ1n) is 5.50. The molecule has 0 saturated heterocycles. The van der Waals surface area contributed by atoms with E-state index in [0.29, 0.717) is 5.82 Å². The summed E-state index contributed by atoms with van der Waals surface area (Å²) in [5, 5.41) is 0. The van der Waals surface area contributed by atoms with Gasteiger partial charge in [0.15, 0.2) is 0 Å². The molecule has 2 heterocycles. The third kappa shape index (κ3) is 1.76. The molecule has 5 heteroatoms. The number of imidazole rings is 1. The standard InChI is InChI=1S/C13H11BrN4/c1-8-4-9(14)5-11-13(8)17-7-18(11)10-2-3-12(15)16-6-10/h2-7H,1H3,(H2,15,16). The number of fused-ring (bicyclic) bond motifs is 1. The summed E-state index contributed by atoms with van der Waals surface area (Å²) in [5.74, 6) is 0.514. The zero-order valence-electron chi connectivity index (χ0n) is 9.76. The van der Waals surface area contributed by atoms with E-state index in [-0.39, 0.29) is 0 Å². The van der Waals surface area contributed by atoms with Crippen molar-refractivity contribution in [3.05, 3.63) is 46.8 Å². The molecular formula is C13H11BrN4. The van der Waals surface area contributed by atoms with Gasteiger partial charge in [0.25, 0.3) is 0 Å². The van der Waals surface area contributed by atoms with Crippen LogP contribution in [0.2, 0.25) is 0 Å². The first-order chi connectivity index (χ1) is 8.65. The van der Waals surface area contributed by atoms with Crippen molar-refractivity contribution in [1.82, 2.24) is 14.5 Å². The fraction of sp³-hybridized carbons (Fsp3) is 0.0769. The predicted octanol–water partition coefficient (Wildman–Crippen LogP) is 3.07. The Morgan fingerprint density at radius 3 is 2.78 bits per heavy atom. The zero-order valence-corrected chi connectivity index (χ0v) is 11.3. The molecule has 0 bridgehead atoms. The van der Waals surface area contributed by atoms with Crippen LogP contribution in [0.25, 0.3) is 16.7 Å². The second-order valence-corrected chi connectivity index (χ2v) is 5.06. The van der Waals surface area contributed by atoms with E-state index < -0.39 is 0 Å². The SMILES string of the molecule is Cc1cc(Br)cc2c1ncn2-c1ccc(N)nc1. The van der Waals surface area contributed by atoms with Crippen molar-refractivity contribution in [1.29, 1.82) is 0 Å². The van der Waals surface area contributed by atoms with Gasteiger partial charge in [0, 0.05) is 4.47 Å².